The van der Waals surface area contributed by atoms with Gasteiger partial charge in [-0.05, 0) is 11.1 Å². The molecule has 6 heteroatoms. The minimum absolute atomic E-state index is 0.230. The SMILES string of the molecule is C=CCO[C@@H]1[C@@H](OCC=C)[C@@H](O)O[C@H](COCc2ccccc2)[C@@H]1OCc1ccccc1. The molecule has 1 heterocycles. The van der Waals surface area contributed by atoms with Crippen LogP contribution in [0, 0.1) is 0 Å². The first-order valence-corrected chi connectivity index (χ1v) is 10.8. The van der Waals surface area contributed by atoms with Crippen LogP contribution in [-0.2, 0) is 36.9 Å². The van der Waals surface area contributed by atoms with E-state index in [0.717, 1.165) is 11.1 Å². The van der Waals surface area contributed by atoms with Gasteiger partial charge < -0.3 is 28.8 Å². The van der Waals surface area contributed by atoms with Crippen LogP contribution in [-0.4, -0.2) is 55.6 Å². The Morgan fingerprint density at radius 3 is 1.91 bits per heavy atom. The van der Waals surface area contributed by atoms with Gasteiger partial charge >= 0.3 is 0 Å². The fourth-order valence-corrected chi connectivity index (χ4v) is 3.59. The van der Waals surface area contributed by atoms with E-state index < -0.39 is 30.7 Å². The summed E-state index contributed by atoms with van der Waals surface area (Å²) < 4.78 is 29.9. The van der Waals surface area contributed by atoms with Gasteiger partial charge in [0.2, 0.25) is 0 Å². The third kappa shape index (κ3) is 7.10. The van der Waals surface area contributed by atoms with Gasteiger partial charge in [-0.15, -0.1) is 13.2 Å². The second-order valence-corrected chi connectivity index (χ2v) is 7.50. The van der Waals surface area contributed by atoms with Crippen molar-refractivity contribution in [2.45, 2.75) is 43.9 Å². The average Bonchev–Trinajstić information content (AvgIpc) is 2.83. The van der Waals surface area contributed by atoms with Gasteiger partial charge in [0.25, 0.3) is 0 Å². The van der Waals surface area contributed by atoms with Gasteiger partial charge in [-0.1, -0.05) is 72.8 Å². The molecule has 0 unspecified atom stereocenters. The van der Waals surface area contributed by atoms with Crippen molar-refractivity contribution in [1.29, 1.82) is 0 Å². The number of ether oxygens (including phenoxy) is 5. The number of aliphatic hydroxyl groups is 1. The molecule has 0 amide bonds. The normalized spacial score (nSPS) is 25.3. The fraction of sp³-hybridized carbons (Fsp3) is 0.385. The molecule has 2 aromatic carbocycles. The fourth-order valence-electron chi connectivity index (χ4n) is 3.59. The number of benzene rings is 2. The smallest absolute Gasteiger partial charge is 0.184 e. The number of rotatable bonds is 13. The third-order valence-electron chi connectivity index (χ3n) is 5.10. The summed E-state index contributed by atoms with van der Waals surface area (Å²) >= 11 is 0. The highest BCUT2D eigenvalue weighted by molar-refractivity contribution is 5.14. The number of hydrogen-bond acceptors (Lipinski definition) is 6. The molecule has 0 saturated carbocycles. The van der Waals surface area contributed by atoms with Crippen LogP contribution in [0.25, 0.3) is 0 Å². The highest BCUT2D eigenvalue weighted by atomic mass is 16.7. The lowest BCUT2D eigenvalue weighted by molar-refractivity contribution is -0.311. The largest absolute Gasteiger partial charge is 0.374 e. The number of aliphatic hydroxyl groups excluding tert-OH is 1. The quantitative estimate of drug-likeness (QED) is 0.480. The van der Waals surface area contributed by atoms with Gasteiger partial charge in [0.15, 0.2) is 6.29 Å². The van der Waals surface area contributed by atoms with Crippen LogP contribution in [0.4, 0.5) is 0 Å². The highest BCUT2D eigenvalue weighted by Crippen LogP contribution is 2.28. The van der Waals surface area contributed by atoms with E-state index in [4.69, 9.17) is 23.7 Å². The van der Waals surface area contributed by atoms with Crippen LogP contribution in [0.2, 0.25) is 0 Å². The van der Waals surface area contributed by atoms with E-state index in [1.165, 1.54) is 0 Å². The molecule has 3 rings (SSSR count). The molecule has 0 bridgehead atoms. The minimum atomic E-state index is -1.19. The van der Waals surface area contributed by atoms with Crippen molar-refractivity contribution in [1.82, 2.24) is 0 Å². The molecule has 6 nitrogen and oxygen atoms in total. The van der Waals surface area contributed by atoms with Gasteiger partial charge in [0.05, 0.1) is 33.0 Å². The minimum Gasteiger partial charge on any atom is -0.374 e. The molecule has 0 spiro atoms. The Balaban J connectivity index is 1.74. The summed E-state index contributed by atoms with van der Waals surface area (Å²) in [6.45, 7) is 8.97. The van der Waals surface area contributed by atoms with E-state index in [-0.39, 0.29) is 19.8 Å². The Morgan fingerprint density at radius 2 is 1.31 bits per heavy atom. The lowest BCUT2D eigenvalue weighted by Crippen LogP contribution is -2.61. The molecule has 1 N–H and O–H groups in total. The molecule has 5 atom stereocenters. The standard InChI is InChI=1S/C26H32O6/c1-3-15-29-24-23(31-18-21-13-9-6-10-14-21)22(32-26(27)25(24)30-16-4-2)19-28-17-20-11-7-5-8-12-20/h3-14,22-27H,1-2,15-19H2/t22-,23+,24+,25-,26+/m1/s1. The van der Waals surface area contributed by atoms with Crippen molar-refractivity contribution in [2.75, 3.05) is 19.8 Å². The molecular formula is C26H32O6. The van der Waals surface area contributed by atoms with Crippen LogP contribution in [0.5, 0.6) is 0 Å². The summed E-state index contributed by atoms with van der Waals surface area (Å²) in [6.07, 6.45) is -0.301. The molecule has 1 saturated heterocycles. The molecule has 0 aromatic heterocycles. The van der Waals surface area contributed by atoms with E-state index >= 15 is 0 Å². The summed E-state index contributed by atoms with van der Waals surface area (Å²) in [5.74, 6) is 0. The second kappa shape index (κ2) is 13.3. The van der Waals surface area contributed by atoms with Gasteiger partial charge in [0, 0.05) is 0 Å². The van der Waals surface area contributed by atoms with Crippen molar-refractivity contribution >= 4 is 0 Å². The first-order chi connectivity index (χ1) is 15.7. The highest BCUT2D eigenvalue weighted by Gasteiger charge is 2.47. The van der Waals surface area contributed by atoms with Gasteiger partial charge in [-0.2, -0.15) is 0 Å². The van der Waals surface area contributed by atoms with Gasteiger partial charge in [-0.3, -0.25) is 0 Å². The average molecular weight is 441 g/mol. The lowest BCUT2D eigenvalue weighted by atomic mass is 9.98. The topological polar surface area (TPSA) is 66.4 Å². The predicted molar refractivity (Wildman–Crippen MR) is 122 cm³/mol. The van der Waals surface area contributed by atoms with Crippen molar-refractivity contribution in [3.63, 3.8) is 0 Å². The van der Waals surface area contributed by atoms with Crippen LogP contribution in [0.3, 0.4) is 0 Å². The van der Waals surface area contributed by atoms with Crippen molar-refractivity contribution < 1.29 is 28.8 Å². The van der Waals surface area contributed by atoms with Crippen LogP contribution < -0.4 is 0 Å². The molecule has 32 heavy (non-hydrogen) atoms. The van der Waals surface area contributed by atoms with Crippen LogP contribution in [0.1, 0.15) is 11.1 Å². The summed E-state index contributed by atoms with van der Waals surface area (Å²) in [7, 11) is 0. The molecule has 2 aromatic rings. The maximum Gasteiger partial charge on any atom is 0.184 e. The predicted octanol–water partition coefficient (Wildman–Crippen LogP) is 3.65. The van der Waals surface area contributed by atoms with E-state index in [2.05, 4.69) is 13.2 Å². The van der Waals surface area contributed by atoms with Gasteiger partial charge in [-0.25, -0.2) is 0 Å². The van der Waals surface area contributed by atoms with E-state index in [1.54, 1.807) is 12.2 Å². The van der Waals surface area contributed by atoms with Crippen LogP contribution >= 0.6 is 0 Å². The maximum atomic E-state index is 10.7. The molecule has 0 aliphatic carbocycles. The maximum absolute atomic E-state index is 10.7. The summed E-state index contributed by atoms with van der Waals surface area (Å²) in [5.41, 5.74) is 2.07. The summed E-state index contributed by atoms with van der Waals surface area (Å²) in [5, 5.41) is 10.7. The van der Waals surface area contributed by atoms with Crippen molar-refractivity contribution in [3.05, 3.63) is 97.1 Å². The zero-order chi connectivity index (χ0) is 22.6. The zero-order valence-corrected chi connectivity index (χ0v) is 18.3. The summed E-state index contributed by atoms with van der Waals surface area (Å²) in [6, 6.07) is 19.7. The van der Waals surface area contributed by atoms with Crippen molar-refractivity contribution in [3.8, 4) is 0 Å². The molecule has 1 aliphatic heterocycles. The molecule has 0 radical (unpaired) electrons. The first kappa shape index (κ1) is 24.3. The Labute approximate surface area is 190 Å². The lowest BCUT2D eigenvalue weighted by Gasteiger charge is -2.44. The van der Waals surface area contributed by atoms with E-state index in [9.17, 15) is 5.11 Å². The molecule has 1 aliphatic rings. The van der Waals surface area contributed by atoms with Gasteiger partial charge in [0.1, 0.15) is 24.4 Å². The first-order valence-electron chi connectivity index (χ1n) is 10.8. The molecule has 172 valence electrons. The molecule has 1 fully saturated rings. The third-order valence-corrected chi connectivity index (χ3v) is 5.10. The summed E-state index contributed by atoms with van der Waals surface area (Å²) in [4.78, 5) is 0. The Morgan fingerprint density at radius 1 is 0.750 bits per heavy atom. The molecular weight excluding hydrogens is 408 g/mol. The zero-order valence-electron chi connectivity index (χ0n) is 18.3. The monoisotopic (exact) mass is 440 g/mol. The van der Waals surface area contributed by atoms with Crippen LogP contribution in [0.15, 0.2) is 86.0 Å². The Kier molecular flexibility index (Phi) is 10.1. The van der Waals surface area contributed by atoms with Crippen molar-refractivity contribution in [2.24, 2.45) is 0 Å². The van der Waals surface area contributed by atoms with E-state index in [0.29, 0.717) is 13.2 Å². The second-order valence-electron chi connectivity index (χ2n) is 7.50. The Bertz CT molecular complexity index is 796. The van der Waals surface area contributed by atoms with E-state index in [1.807, 2.05) is 60.7 Å². The number of hydrogen-bond donors (Lipinski definition) is 1. The Hall–Kier alpha value is -2.32.